The molecule has 2 heterocycles. The zero-order valence-electron chi connectivity index (χ0n) is 17.1. The van der Waals surface area contributed by atoms with Gasteiger partial charge >= 0.3 is 0 Å². The summed E-state index contributed by atoms with van der Waals surface area (Å²) in [4.78, 5) is 32.0. The molecule has 0 unspecified atom stereocenters. The molecule has 1 aliphatic rings. The van der Waals surface area contributed by atoms with E-state index in [0.717, 1.165) is 35.3 Å². The third-order valence-corrected chi connectivity index (χ3v) is 4.73. The van der Waals surface area contributed by atoms with Crippen LogP contribution in [-0.2, 0) is 11.8 Å². The summed E-state index contributed by atoms with van der Waals surface area (Å²) in [5.74, 6) is 0.121. The molecular formula is C20H29N5O2. The normalized spacial score (nSPS) is 14.4. The van der Waals surface area contributed by atoms with Gasteiger partial charge in [0.05, 0.1) is 23.2 Å². The first-order chi connectivity index (χ1) is 12.6. The Morgan fingerprint density at radius 2 is 2.00 bits per heavy atom. The van der Waals surface area contributed by atoms with Crippen molar-refractivity contribution in [1.82, 2.24) is 25.0 Å². The third kappa shape index (κ3) is 4.12. The highest BCUT2D eigenvalue weighted by atomic mass is 16.2. The molecule has 0 aliphatic heterocycles. The van der Waals surface area contributed by atoms with Crippen LogP contribution >= 0.6 is 0 Å². The number of amides is 2. The van der Waals surface area contributed by atoms with Crippen LogP contribution in [-0.4, -0.2) is 50.1 Å². The van der Waals surface area contributed by atoms with Crippen molar-refractivity contribution in [2.45, 2.75) is 58.9 Å². The van der Waals surface area contributed by atoms with Gasteiger partial charge in [-0.3, -0.25) is 14.3 Å². The minimum absolute atomic E-state index is 0.0362. The fourth-order valence-corrected chi connectivity index (χ4v) is 3.35. The first-order valence-electron chi connectivity index (χ1n) is 9.55. The van der Waals surface area contributed by atoms with Crippen LogP contribution in [0.4, 0.5) is 0 Å². The molecule has 0 spiro atoms. The molecule has 1 aliphatic carbocycles. The van der Waals surface area contributed by atoms with Crippen LogP contribution in [0.25, 0.3) is 11.0 Å². The Kier molecular flexibility index (Phi) is 4.97. The Morgan fingerprint density at radius 1 is 1.33 bits per heavy atom. The molecule has 7 heteroatoms. The monoisotopic (exact) mass is 371 g/mol. The fraction of sp³-hybridized carbons (Fsp3) is 0.600. The highest BCUT2D eigenvalue weighted by Crippen LogP contribution is 2.40. The van der Waals surface area contributed by atoms with E-state index in [1.54, 1.807) is 9.58 Å². The average molecular weight is 371 g/mol. The van der Waals surface area contributed by atoms with E-state index in [1.807, 2.05) is 47.7 Å². The summed E-state index contributed by atoms with van der Waals surface area (Å²) >= 11 is 0. The smallest absolute Gasteiger partial charge is 0.255 e. The van der Waals surface area contributed by atoms with Crippen molar-refractivity contribution in [3.05, 3.63) is 23.0 Å². The summed E-state index contributed by atoms with van der Waals surface area (Å²) in [7, 11) is 1.85. The number of aromatic nitrogens is 3. The Labute approximate surface area is 160 Å². The summed E-state index contributed by atoms with van der Waals surface area (Å²) in [6, 6.07) is 1.90. The number of nitrogens with zero attached hydrogens (tertiary/aromatic N) is 4. The summed E-state index contributed by atoms with van der Waals surface area (Å²) in [6.07, 6.45) is 2.21. The van der Waals surface area contributed by atoms with E-state index in [1.165, 1.54) is 0 Å². The lowest BCUT2D eigenvalue weighted by molar-refractivity contribution is -0.123. The third-order valence-electron chi connectivity index (χ3n) is 4.73. The van der Waals surface area contributed by atoms with Crippen LogP contribution in [0.3, 0.4) is 0 Å². The van der Waals surface area contributed by atoms with Gasteiger partial charge in [-0.05, 0) is 53.5 Å². The zero-order chi connectivity index (χ0) is 19.9. The Morgan fingerprint density at radius 3 is 2.56 bits per heavy atom. The van der Waals surface area contributed by atoms with Gasteiger partial charge in [0.1, 0.15) is 0 Å². The second-order valence-corrected chi connectivity index (χ2v) is 8.39. The number of rotatable bonds is 5. The summed E-state index contributed by atoms with van der Waals surface area (Å²) < 4.78 is 1.73. The molecule has 0 bridgehead atoms. The van der Waals surface area contributed by atoms with Crippen molar-refractivity contribution in [2.24, 2.45) is 7.05 Å². The molecule has 2 aromatic heterocycles. The second-order valence-electron chi connectivity index (χ2n) is 8.39. The molecule has 1 N–H and O–H groups in total. The summed E-state index contributed by atoms with van der Waals surface area (Å²) in [5.41, 5.74) is 2.72. The molecule has 0 atom stereocenters. The number of pyridine rings is 1. The molecule has 0 aromatic carbocycles. The number of nitrogens with one attached hydrogen (secondary N) is 1. The molecule has 1 fully saturated rings. The number of hydrogen-bond acceptors (Lipinski definition) is 4. The van der Waals surface area contributed by atoms with E-state index in [4.69, 9.17) is 4.98 Å². The minimum Gasteiger partial charge on any atom is -0.350 e. The molecule has 1 saturated carbocycles. The van der Waals surface area contributed by atoms with Crippen LogP contribution in [0.1, 0.15) is 68.2 Å². The molecule has 2 aromatic rings. The predicted molar refractivity (Wildman–Crippen MR) is 105 cm³/mol. The van der Waals surface area contributed by atoms with E-state index >= 15 is 0 Å². The van der Waals surface area contributed by atoms with Crippen LogP contribution < -0.4 is 5.32 Å². The lowest BCUT2D eigenvalue weighted by Crippen LogP contribution is -2.47. The van der Waals surface area contributed by atoms with Gasteiger partial charge in [0.15, 0.2) is 5.65 Å². The Bertz CT molecular complexity index is 890. The standard InChI is InChI=1S/C20H29N5O2/c1-7-25(11-16(26)22-20(3,4)5)19(27)14-10-15(13-8-9-13)21-18-17(14)12(2)23-24(18)6/h10,13H,7-9,11H2,1-6H3,(H,22,26). The number of hydrogen-bond donors (Lipinski definition) is 1. The molecule has 7 nitrogen and oxygen atoms in total. The maximum Gasteiger partial charge on any atom is 0.255 e. The molecule has 146 valence electrons. The second kappa shape index (κ2) is 6.94. The minimum atomic E-state index is -0.331. The van der Waals surface area contributed by atoms with Gasteiger partial charge in [0.25, 0.3) is 5.91 Å². The Hall–Kier alpha value is -2.44. The maximum absolute atomic E-state index is 13.3. The molecular weight excluding hydrogens is 342 g/mol. The molecule has 2 amide bonds. The number of carbonyl (C=O) groups is 2. The zero-order valence-corrected chi connectivity index (χ0v) is 17.1. The van der Waals surface area contributed by atoms with Gasteiger partial charge in [-0.15, -0.1) is 0 Å². The number of fused-ring (bicyclic) bond motifs is 1. The molecule has 3 rings (SSSR count). The first-order valence-corrected chi connectivity index (χ1v) is 9.55. The molecule has 0 radical (unpaired) electrons. The van der Waals surface area contributed by atoms with Crippen molar-refractivity contribution in [3.8, 4) is 0 Å². The van der Waals surface area contributed by atoms with Crippen molar-refractivity contribution in [3.63, 3.8) is 0 Å². The maximum atomic E-state index is 13.3. The van der Waals surface area contributed by atoms with Gasteiger partial charge in [-0.25, -0.2) is 4.98 Å². The summed E-state index contributed by atoms with van der Waals surface area (Å²) in [5, 5.41) is 8.15. The van der Waals surface area contributed by atoms with Crippen LogP contribution in [0.15, 0.2) is 6.07 Å². The van der Waals surface area contributed by atoms with E-state index in [-0.39, 0.29) is 23.9 Å². The van der Waals surface area contributed by atoms with Gasteiger partial charge in [-0.2, -0.15) is 5.10 Å². The van der Waals surface area contributed by atoms with E-state index in [0.29, 0.717) is 18.0 Å². The average Bonchev–Trinajstić information content (AvgIpc) is 3.37. The van der Waals surface area contributed by atoms with E-state index in [9.17, 15) is 9.59 Å². The molecule has 0 saturated heterocycles. The summed E-state index contributed by atoms with van der Waals surface area (Å²) in [6.45, 7) is 10.1. The molecule has 27 heavy (non-hydrogen) atoms. The van der Waals surface area contributed by atoms with Gasteiger partial charge in [0.2, 0.25) is 5.91 Å². The van der Waals surface area contributed by atoms with Crippen molar-refractivity contribution >= 4 is 22.8 Å². The number of likely N-dealkylation sites (N-methyl/N-ethyl adjacent to an activating group) is 1. The Balaban J connectivity index is 1.97. The van der Waals surface area contributed by atoms with Crippen LogP contribution in [0.5, 0.6) is 0 Å². The van der Waals surface area contributed by atoms with Gasteiger partial charge < -0.3 is 10.2 Å². The van der Waals surface area contributed by atoms with E-state index in [2.05, 4.69) is 10.4 Å². The van der Waals surface area contributed by atoms with Gasteiger partial charge in [-0.1, -0.05) is 0 Å². The number of aryl methyl sites for hydroxylation is 2. The van der Waals surface area contributed by atoms with Crippen LogP contribution in [0.2, 0.25) is 0 Å². The SMILES string of the molecule is CCN(CC(=O)NC(C)(C)C)C(=O)c1cc(C2CC2)nc2c1c(C)nn2C. The first kappa shape index (κ1) is 19.3. The fourth-order valence-electron chi connectivity index (χ4n) is 3.35. The van der Waals surface area contributed by atoms with E-state index < -0.39 is 0 Å². The van der Waals surface area contributed by atoms with Crippen molar-refractivity contribution in [2.75, 3.05) is 13.1 Å². The quantitative estimate of drug-likeness (QED) is 0.876. The van der Waals surface area contributed by atoms with Gasteiger partial charge in [0, 0.05) is 30.7 Å². The van der Waals surface area contributed by atoms with Crippen LogP contribution in [0, 0.1) is 6.92 Å². The van der Waals surface area contributed by atoms with Crippen molar-refractivity contribution in [1.29, 1.82) is 0 Å². The predicted octanol–water partition coefficient (Wildman–Crippen LogP) is 2.53. The highest BCUT2D eigenvalue weighted by Gasteiger charge is 2.30. The topological polar surface area (TPSA) is 80.1 Å². The van der Waals surface area contributed by atoms with Crippen molar-refractivity contribution < 1.29 is 9.59 Å². The highest BCUT2D eigenvalue weighted by molar-refractivity contribution is 6.07. The number of carbonyl (C=O) groups excluding carboxylic acids is 2. The lowest BCUT2D eigenvalue weighted by Gasteiger charge is -2.25. The lowest BCUT2D eigenvalue weighted by atomic mass is 10.1. The largest absolute Gasteiger partial charge is 0.350 e.